The van der Waals surface area contributed by atoms with Crippen LogP contribution in [0.3, 0.4) is 0 Å². The van der Waals surface area contributed by atoms with Crippen molar-refractivity contribution in [2.24, 2.45) is 11.8 Å². The van der Waals surface area contributed by atoms with Gasteiger partial charge in [-0.1, -0.05) is 6.42 Å². The Morgan fingerprint density at radius 3 is 2.41 bits per heavy atom. The van der Waals surface area contributed by atoms with Crippen LogP contribution in [0.4, 0.5) is 11.4 Å². The summed E-state index contributed by atoms with van der Waals surface area (Å²) in [6, 6.07) is 9.14. The molecule has 2 N–H and O–H groups in total. The first kappa shape index (κ1) is 15.6. The summed E-state index contributed by atoms with van der Waals surface area (Å²) in [5.41, 5.74) is 2.33. The van der Waals surface area contributed by atoms with Crippen molar-refractivity contribution < 1.29 is 0 Å². The molecule has 0 heterocycles. The molecule has 1 aromatic carbocycles. The fourth-order valence-corrected chi connectivity index (χ4v) is 4.37. The molecule has 2 aliphatic carbocycles. The molecular weight excluding hydrogens is 290 g/mol. The second kappa shape index (κ2) is 6.86. The largest absolute Gasteiger partial charge is 0.372 e. The van der Waals surface area contributed by atoms with Gasteiger partial charge < -0.3 is 15.5 Å². The maximum Gasteiger partial charge on any atom is 0.171 e. The van der Waals surface area contributed by atoms with E-state index in [0.717, 1.165) is 35.7 Å². The minimum absolute atomic E-state index is 0.591. The van der Waals surface area contributed by atoms with Crippen molar-refractivity contribution in [3.05, 3.63) is 24.3 Å². The third-order valence-electron chi connectivity index (χ3n) is 5.31. The Balaban J connectivity index is 1.53. The minimum atomic E-state index is 0.591. The molecule has 120 valence electrons. The van der Waals surface area contributed by atoms with Gasteiger partial charge in [0.25, 0.3) is 0 Å². The molecule has 2 bridgehead atoms. The van der Waals surface area contributed by atoms with Crippen LogP contribution in [0.15, 0.2) is 24.3 Å². The number of hydrogen-bond donors (Lipinski definition) is 2. The van der Waals surface area contributed by atoms with Crippen molar-refractivity contribution in [2.75, 3.05) is 23.3 Å². The van der Waals surface area contributed by atoms with E-state index in [1.54, 1.807) is 0 Å². The molecule has 3 rings (SSSR count). The normalized spacial score (nSPS) is 26.0. The predicted octanol–water partition coefficient (Wildman–Crippen LogP) is 4.01. The van der Waals surface area contributed by atoms with Gasteiger partial charge in [-0.25, -0.2) is 0 Å². The number of hydrogen-bond acceptors (Lipinski definition) is 2. The number of thiocarbonyl (C=S) groups is 1. The average molecular weight is 318 g/mol. The van der Waals surface area contributed by atoms with Gasteiger partial charge in [0.2, 0.25) is 0 Å². The quantitative estimate of drug-likeness (QED) is 0.803. The van der Waals surface area contributed by atoms with Crippen molar-refractivity contribution in [3.8, 4) is 0 Å². The number of benzene rings is 1. The summed E-state index contributed by atoms with van der Waals surface area (Å²) in [6.45, 7) is 6.44. The second-order valence-electron chi connectivity index (χ2n) is 6.60. The van der Waals surface area contributed by atoms with Crippen LogP contribution < -0.4 is 15.5 Å². The van der Waals surface area contributed by atoms with Crippen molar-refractivity contribution >= 4 is 28.7 Å². The summed E-state index contributed by atoms with van der Waals surface area (Å²) in [5.74, 6) is 1.79. The first-order valence-electron chi connectivity index (χ1n) is 8.62. The van der Waals surface area contributed by atoms with Crippen LogP contribution in [-0.2, 0) is 0 Å². The van der Waals surface area contributed by atoms with Gasteiger partial charge in [-0.3, -0.25) is 0 Å². The van der Waals surface area contributed by atoms with Gasteiger partial charge in [0.1, 0.15) is 0 Å². The molecule has 0 radical (unpaired) electrons. The molecule has 1 aromatic rings. The van der Waals surface area contributed by atoms with E-state index in [9.17, 15) is 0 Å². The molecule has 4 heteroatoms. The van der Waals surface area contributed by atoms with Crippen molar-refractivity contribution in [1.82, 2.24) is 5.32 Å². The molecule has 0 amide bonds. The summed E-state index contributed by atoms with van der Waals surface area (Å²) < 4.78 is 0. The Morgan fingerprint density at radius 2 is 1.86 bits per heavy atom. The van der Waals surface area contributed by atoms with Crippen LogP contribution in [-0.4, -0.2) is 24.2 Å². The Kier molecular flexibility index (Phi) is 4.87. The number of fused-ring (bicyclic) bond motifs is 2. The fourth-order valence-electron chi connectivity index (χ4n) is 4.10. The van der Waals surface area contributed by atoms with Crippen LogP contribution in [0, 0.1) is 11.8 Å². The maximum atomic E-state index is 5.49. The number of nitrogens with zero attached hydrogens (tertiary/aromatic N) is 1. The lowest BCUT2D eigenvalue weighted by molar-refractivity contribution is 0.392. The highest BCUT2D eigenvalue weighted by atomic mass is 32.1. The van der Waals surface area contributed by atoms with Crippen molar-refractivity contribution in [2.45, 2.75) is 45.6 Å². The van der Waals surface area contributed by atoms with Crippen LogP contribution in [0.5, 0.6) is 0 Å². The van der Waals surface area contributed by atoms with Gasteiger partial charge >= 0.3 is 0 Å². The van der Waals surface area contributed by atoms with Gasteiger partial charge in [0.05, 0.1) is 0 Å². The van der Waals surface area contributed by atoms with E-state index in [-0.39, 0.29) is 0 Å². The number of rotatable bonds is 5. The topological polar surface area (TPSA) is 27.3 Å². The minimum Gasteiger partial charge on any atom is -0.372 e. The highest BCUT2D eigenvalue weighted by Gasteiger charge is 2.39. The lowest BCUT2D eigenvalue weighted by atomic mass is 9.96. The molecule has 22 heavy (non-hydrogen) atoms. The van der Waals surface area contributed by atoms with E-state index in [1.165, 1.54) is 31.4 Å². The van der Waals surface area contributed by atoms with Crippen LogP contribution in [0.25, 0.3) is 0 Å². The molecule has 2 aliphatic rings. The summed E-state index contributed by atoms with van der Waals surface area (Å²) in [7, 11) is 0. The molecular formula is C18H27N3S. The molecule has 3 atom stereocenters. The number of nitrogens with one attached hydrogen (secondary N) is 2. The maximum absolute atomic E-state index is 5.49. The third-order valence-corrected chi connectivity index (χ3v) is 5.53. The highest BCUT2D eigenvalue weighted by Crippen LogP contribution is 2.44. The molecule has 0 aromatic heterocycles. The van der Waals surface area contributed by atoms with E-state index >= 15 is 0 Å². The van der Waals surface area contributed by atoms with E-state index in [4.69, 9.17) is 12.2 Å². The first-order chi connectivity index (χ1) is 10.7. The zero-order chi connectivity index (χ0) is 15.5. The van der Waals surface area contributed by atoms with Gasteiger partial charge in [-0.15, -0.1) is 0 Å². The molecule has 0 spiro atoms. The van der Waals surface area contributed by atoms with E-state index in [1.807, 2.05) is 0 Å². The van der Waals surface area contributed by atoms with Gasteiger partial charge in [-0.05, 0) is 81.4 Å². The predicted molar refractivity (Wildman–Crippen MR) is 98.6 cm³/mol. The average Bonchev–Trinajstić information content (AvgIpc) is 3.12. The van der Waals surface area contributed by atoms with Crippen LogP contribution >= 0.6 is 12.2 Å². The Bertz CT molecular complexity index is 510. The van der Waals surface area contributed by atoms with Crippen LogP contribution in [0.2, 0.25) is 0 Å². The summed E-state index contributed by atoms with van der Waals surface area (Å²) in [6.07, 6.45) is 5.51. The second-order valence-corrected chi connectivity index (χ2v) is 7.01. The lowest BCUT2D eigenvalue weighted by Crippen LogP contribution is -2.40. The smallest absolute Gasteiger partial charge is 0.171 e. The highest BCUT2D eigenvalue weighted by molar-refractivity contribution is 7.80. The summed E-state index contributed by atoms with van der Waals surface area (Å²) in [4.78, 5) is 2.34. The van der Waals surface area contributed by atoms with Gasteiger partial charge in [0.15, 0.2) is 5.11 Å². The van der Waals surface area contributed by atoms with E-state index in [0.29, 0.717) is 6.04 Å². The Hall–Kier alpha value is -1.29. The molecule has 3 nitrogen and oxygen atoms in total. The first-order valence-corrected chi connectivity index (χ1v) is 9.03. The van der Waals surface area contributed by atoms with Gasteiger partial charge in [-0.2, -0.15) is 0 Å². The molecule has 2 fully saturated rings. The van der Waals surface area contributed by atoms with Gasteiger partial charge in [0, 0.05) is 30.5 Å². The van der Waals surface area contributed by atoms with Crippen LogP contribution in [0.1, 0.15) is 39.5 Å². The Labute approximate surface area is 139 Å². The Morgan fingerprint density at radius 1 is 1.14 bits per heavy atom. The fraction of sp³-hybridized carbons (Fsp3) is 0.611. The SMILES string of the molecule is CCN(CC)c1ccc(NC(=S)N[C@@H]2C[C@@H]3CC[C@@H]2C3)cc1. The zero-order valence-electron chi connectivity index (χ0n) is 13.6. The van der Waals surface area contributed by atoms with E-state index in [2.05, 4.69) is 53.6 Å². The zero-order valence-corrected chi connectivity index (χ0v) is 14.5. The third kappa shape index (κ3) is 3.37. The van der Waals surface area contributed by atoms with Crippen molar-refractivity contribution in [1.29, 1.82) is 0 Å². The molecule has 0 aliphatic heterocycles. The monoisotopic (exact) mass is 317 g/mol. The standard InChI is InChI=1S/C18H27N3S/c1-3-21(4-2)16-9-7-15(8-10-16)19-18(22)20-17-12-13-5-6-14(17)11-13/h7-10,13-14,17H,3-6,11-12H2,1-2H3,(H2,19,20,22)/t13-,14-,17-/m1/s1. The number of anilines is 2. The van der Waals surface area contributed by atoms with E-state index < -0.39 is 0 Å². The summed E-state index contributed by atoms with van der Waals surface area (Å²) in [5, 5.41) is 7.63. The van der Waals surface area contributed by atoms with Crippen molar-refractivity contribution in [3.63, 3.8) is 0 Å². The molecule has 0 saturated heterocycles. The summed E-state index contributed by atoms with van der Waals surface area (Å²) >= 11 is 5.49. The lowest BCUT2D eigenvalue weighted by Gasteiger charge is -2.25. The molecule has 2 saturated carbocycles. The molecule has 0 unspecified atom stereocenters.